The van der Waals surface area contributed by atoms with Gasteiger partial charge in [0.15, 0.2) is 0 Å². The van der Waals surface area contributed by atoms with Crippen LogP contribution in [-0.2, 0) is 17.8 Å². The fraction of sp³-hybridized carbons (Fsp3) is 0.538. The first-order valence-electron chi connectivity index (χ1n) is 5.79. The van der Waals surface area contributed by atoms with Crippen LogP contribution in [0.2, 0.25) is 0 Å². The lowest BCUT2D eigenvalue weighted by atomic mass is 10.0. The smallest absolute Gasteiger partial charge is 0.128 e. The Morgan fingerprint density at radius 3 is 3.06 bits per heavy atom. The molecule has 1 aliphatic rings. The summed E-state index contributed by atoms with van der Waals surface area (Å²) in [5, 5.41) is 3.45. The van der Waals surface area contributed by atoms with E-state index in [4.69, 9.17) is 4.74 Å². The minimum atomic E-state index is -0.176. The topological polar surface area (TPSA) is 21.3 Å². The van der Waals surface area contributed by atoms with Crippen LogP contribution in [0, 0.1) is 5.82 Å². The van der Waals surface area contributed by atoms with Crippen molar-refractivity contribution in [3.8, 4) is 0 Å². The maximum Gasteiger partial charge on any atom is 0.128 e. The monoisotopic (exact) mass is 223 g/mol. The Morgan fingerprint density at radius 2 is 2.38 bits per heavy atom. The van der Waals surface area contributed by atoms with E-state index in [-0.39, 0.29) is 5.82 Å². The third-order valence-corrected chi connectivity index (χ3v) is 3.05. The molecule has 0 spiro atoms. The summed E-state index contributed by atoms with van der Waals surface area (Å²) in [5.74, 6) is -0.176. The van der Waals surface area contributed by atoms with E-state index in [2.05, 4.69) is 5.32 Å². The van der Waals surface area contributed by atoms with Gasteiger partial charge >= 0.3 is 0 Å². The zero-order valence-corrected chi connectivity index (χ0v) is 9.63. The molecule has 1 aromatic rings. The molecule has 1 heterocycles. The van der Waals surface area contributed by atoms with Crippen molar-refractivity contribution in [3.05, 3.63) is 35.1 Å². The molecule has 1 saturated heterocycles. The molecule has 3 heteroatoms. The number of rotatable bonds is 4. The van der Waals surface area contributed by atoms with Crippen LogP contribution in [0.15, 0.2) is 18.2 Å². The lowest BCUT2D eigenvalue weighted by Gasteiger charge is -2.11. The second-order valence-electron chi connectivity index (χ2n) is 4.36. The van der Waals surface area contributed by atoms with E-state index in [1.165, 1.54) is 18.4 Å². The number of ether oxygens (including phenoxy) is 1. The highest BCUT2D eigenvalue weighted by molar-refractivity contribution is 5.25. The molecule has 1 aliphatic heterocycles. The quantitative estimate of drug-likeness (QED) is 0.845. The summed E-state index contributed by atoms with van der Waals surface area (Å²) in [4.78, 5) is 0. The Labute approximate surface area is 95.8 Å². The lowest BCUT2D eigenvalue weighted by Crippen LogP contribution is -2.23. The van der Waals surface area contributed by atoms with Crippen LogP contribution in [-0.4, -0.2) is 19.7 Å². The molecule has 88 valence electrons. The van der Waals surface area contributed by atoms with E-state index in [1.807, 2.05) is 12.1 Å². The van der Waals surface area contributed by atoms with Crippen LogP contribution in [0.3, 0.4) is 0 Å². The van der Waals surface area contributed by atoms with Gasteiger partial charge in [0.25, 0.3) is 0 Å². The van der Waals surface area contributed by atoms with Crippen LogP contribution >= 0.6 is 0 Å². The number of methoxy groups -OCH3 is 1. The normalized spacial score (nSPS) is 20.2. The molecule has 0 radical (unpaired) electrons. The predicted octanol–water partition coefficient (Wildman–Crippen LogP) is 2.27. The Hall–Kier alpha value is -0.930. The Bertz CT molecular complexity index is 348. The second-order valence-corrected chi connectivity index (χ2v) is 4.36. The molecule has 1 unspecified atom stereocenters. The molecule has 1 N–H and O–H groups in total. The third-order valence-electron chi connectivity index (χ3n) is 3.05. The van der Waals surface area contributed by atoms with Crippen molar-refractivity contribution in [2.45, 2.75) is 31.9 Å². The molecular formula is C13H18FNO. The van der Waals surface area contributed by atoms with Crippen LogP contribution in [0.5, 0.6) is 0 Å². The van der Waals surface area contributed by atoms with E-state index in [0.717, 1.165) is 13.0 Å². The number of hydrogen-bond donors (Lipinski definition) is 1. The minimum absolute atomic E-state index is 0.176. The standard InChI is InChI=1S/C13H18FNO/c1-16-9-11-7-10(4-5-13(11)14)8-12-3-2-6-15-12/h4-5,7,12,15H,2-3,6,8-9H2,1H3. The maximum absolute atomic E-state index is 13.4. The highest BCUT2D eigenvalue weighted by atomic mass is 19.1. The first-order valence-corrected chi connectivity index (χ1v) is 5.79. The van der Waals surface area contributed by atoms with Crippen molar-refractivity contribution in [3.63, 3.8) is 0 Å². The van der Waals surface area contributed by atoms with Crippen molar-refractivity contribution in [1.82, 2.24) is 5.32 Å². The SMILES string of the molecule is COCc1cc(CC2CCCN2)ccc1F. The van der Waals surface area contributed by atoms with Gasteiger partial charge in [0.2, 0.25) is 0 Å². The van der Waals surface area contributed by atoms with Gasteiger partial charge in [0, 0.05) is 18.7 Å². The third kappa shape index (κ3) is 2.80. The molecule has 2 nitrogen and oxygen atoms in total. The minimum Gasteiger partial charge on any atom is -0.380 e. The maximum atomic E-state index is 13.4. The summed E-state index contributed by atoms with van der Waals surface area (Å²) in [7, 11) is 1.59. The van der Waals surface area contributed by atoms with Crippen LogP contribution < -0.4 is 5.32 Å². The van der Waals surface area contributed by atoms with E-state index in [1.54, 1.807) is 13.2 Å². The highest BCUT2D eigenvalue weighted by Gasteiger charge is 2.15. The van der Waals surface area contributed by atoms with Crippen LogP contribution in [0.25, 0.3) is 0 Å². The van der Waals surface area contributed by atoms with Gasteiger partial charge in [0.05, 0.1) is 6.61 Å². The summed E-state index contributed by atoms with van der Waals surface area (Å²) < 4.78 is 18.4. The van der Waals surface area contributed by atoms with Gasteiger partial charge in [-0.3, -0.25) is 0 Å². The zero-order chi connectivity index (χ0) is 11.4. The molecule has 0 amide bonds. The van der Waals surface area contributed by atoms with Gasteiger partial charge in [-0.05, 0) is 37.4 Å². The lowest BCUT2D eigenvalue weighted by molar-refractivity contribution is 0.181. The first kappa shape index (κ1) is 11.6. The molecule has 1 fully saturated rings. The van der Waals surface area contributed by atoms with Crippen molar-refractivity contribution in [2.24, 2.45) is 0 Å². The highest BCUT2D eigenvalue weighted by Crippen LogP contribution is 2.16. The van der Waals surface area contributed by atoms with Gasteiger partial charge < -0.3 is 10.1 Å². The molecule has 16 heavy (non-hydrogen) atoms. The number of halogens is 1. The predicted molar refractivity (Wildman–Crippen MR) is 61.8 cm³/mol. The Balaban J connectivity index is 2.05. The van der Waals surface area contributed by atoms with Crippen molar-refractivity contribution < 1.29 is 9.13 Å². The summed E-state index contributed by atoms with van der Waals surface area (Å²) in [6.45, 7) is 1.45. The molecule has 1 aromatic carbocycles. The van der Waals surface area contributed by atoms with Gasteiger partial charge in [0.1, 0.15) is 5.82 Å². The largest absolute Gasteiger partial charge is 0.380 e. The van der Waals surface area contributed by atoms with Gasteiger partial charge in [-0.15, -0.1) is 0 Å². The summed E-state index contributed by atoms with van der Waals surface area (Å²) in [6.07, 6.45) is 3.45. The Morgan fingerprint density at radius 1 is 1.50 bits per heavy atom. The van der Waals surface area contributed by atoms with Crippen molar-refractivity contribution in [2.75, 3.05) is 13.7 Å². The van der Waals surface area contributed by atoms with E-state index < -0.39 is 0 Å². The summed E-state index contributed by atoms with van der Waals surface area (Å²) in [6, 6.07) is 5.88. The summed E-state index contributed by atoms with van der Waals surface area (Å²) in [5.41, 5.74) is 1.84. The average Bonchev–Trinajstić information content (AvgIpc) is 2.76. The molecule has 0 aliphatic carbocycles. The van der Waals surface area contributed by atoms with E-state index in [0.29, 0.717) is 18.2 Å². The molecular weight excluding hydrogens is 205 g/mol. The second kappa shape index (κ2) is 5.41. The average molecular weight is 223 g/mol. The van der Waals surface area contributed by atoms with Crippen LogP contribution in [0.1, 0.15) is 24.0 Å². The molecule has 0 saturated carbocycles. The fourth-order valence-electron chi connectivity index (χ4n) is 2.24. The van der Waals surface area contributed by atoms with Crippen molar-refractivity contribution in [1.29, 1.82) is 0 Å². The number of nitrogens with one attached hydrogen (secondary N) is 1. The van der Waals surface area contributed by atoms with Gasteiger partial charge in [-0.25, -0.2) is 4.39 Å². The zero-order valence-electron chi connectivity index (χ0n) is 9.63. The van der Waals surface area contributed by atoms with Crippen molar-refractivity contribution >= 4 is 0 Å². The molecule has 0 aromatic heterocycles. The van der Waals surface area contributed by atoms with Crippen LogP contribution in [0.4, 0.5) is 4.39 Å². The summed E-state index contributed by atoms with van der Waals surface area (Å²) >= 11 is 0. The molecule has 2 rings (SSSR count). The van der Waals surface area contributed by atoms with E-state index >= 15 is 0 Å². The first-order chi connectivity index (χ1) is 7.79. The number of hydrogen-bond acceptors (Lipinski definition) is 2. The van der Waals surface area contributed by atoms with Gasteiger partial charge in [-0.2, -0.15) is 0 Å². The molecule has 0 bridgehead atoms. The number of benzene rings is 1. The van der Waals surface area contributed by atoms with Gasteiger partial charge in [-0.1, -0.05) is 12.1 Å². The Kier molecular flexibility index (Phi) is 3.91. The fourth-order valence-corrected chi connectivity index (χ4v) is 2.24. The van der Waals surface area contributed by atoms with E-state index in [9.17, 15) is 4.39 Å². The molecule has 1 atom stereocenters.